The molecule has 0 spiro atoms. The fourth-order valence-corrected chi connectivity index (χ4v) is 1.35. The lowest BCUT2D eigenvalue weighted by atomic mass is 10.1. The molecule has 0 aliphatic heterocycles. The number of nitrogens with zero attached hydrogens (tertiary/aromatic N) is 1. The molecule has 0 bridgehead atoms. The number of carboxylic acid groups (broad SMARTS) is 1. The number of hydrogen-bond donors (Lipinski definition) is 1. The Kier molecular flexibility index (Phi) is 7.05. The Morgan fingerprint density at radius 1 is 1.40 bits per heavy atom. The van der Waals surface area contributed by atoms with Gasteiger partial charge in [-0.2, -0.15) is 0 Å². The van der Waals surface area contributed by atoms with Crippen molar-refractivity contribution in [3.05, 3.63) is 12.2 Å². The van der Waals surface area contributed by atoms with E-state index in [1.54, 1.807) is 0 Å². The molecular formula is C12H23NO2. The molecule has 0 fully saturated rings. The highest BCUT2D eigenvalue weighted by Crippen LogP contribution is 2.05. The highest BCUT2D eigenvalue weighted by atomic mass is 16.4. The van der Waals surface area contributed by atoms with Gasteiger partial charge < -0.3 is 5.11 Å². The lowest BCUT2D eigenvalue weighted by Crippen LogP contribution is -2.29. The summed E-state index contributed by atoms with van der Waals surface area (Å²) in [5.41, 5.74) is 1.09. The van der Waals surface area contributed by atoms with Crippen LogP contribution in [-0.4, -0.2) is 35.6 Å². The van der Waals surface area contributed by atoms with Gasteiger partial charge in [0, 0.05) is 13.1 Å². The van der Waals surface area contributed by atoms with Gasteiger partial charge in [0.15, 0.2) is 0 Å². The molecule has 0 radical (unpaired) electrons. The summed E-state index contributed by atoms with van der Waals surface area (Å²) in [6, 6.07) is 0. The largest absolute Gasteiger partial charge is 0.481 e. The summed E-state index contributed by atoms with van der Waals surface area (Å²) in [7, 11) is 0. The van der Waals surface area contributed by atoms with Crippen molar-refractivity contribution in [3.63, 3.8) is 0 Å². The molecule has 0 aromatic heterocycles. The third-order valence-electron chi connectivity index (χ3n) is 2.16. The minimum Gasteiger partial charge on any atom is -0.481 e. The highest BCUT2D eigenvalue weighted by Gasteiger charge is 2.08. The fourth-order valence-electron chi connectivity index (χ4n) is 1.35. The quantitative estimate of drug-likeness (QED) is 0.629. The van der Waals surface area contributed by atoms with Crippen molar-refractivity contribution in [3.8, 4) is 0 Å². The van der Waals surface area contributed by atoms with Gasteiger partial charge in [0.05, 0.1) is 6.42 Å². The minimum absolute atomic E-state index is 0.214. The van der Waals surface area contributed by atoms with Crippen LogP contribution in [0.5, 0.6) is 0 Å². The van der Waals surface area contributed by atoms with Crippen LogP contribution in [0.3, 0.4) is 0 Å². The van der Waals surface area contributed by atoms with Crippen LogP contribution in [-0.2, 0) is 4.79 Å². The SMILES string of the molecule is C=C(C)CN(CCC(=O)O)CCC(C)C. The summed E-state index contributed by atoms with van der Waals surface area (Å²) in [5.74, 6) is -0.0753. The van der Waals surface area contributed by atoms with E-state index in [9.17, 15) is 4.79 Å². The van der Waals surface area contributed by atoms with E-state index in [0.717, 1.165) is 25.1 Å². The van der Waals surface area contributed by atoms with Gasteiger partial charge in [0.1, 0.15) is 0 Å². The zero-order chi connectivity index (χ0) is 11.8. The summed E-state index contributed by atoms with van der Waals surface area (Å²) in [5, 5.41) is 8.62. The zero-order valence-corrected chi connectivity index (χ0v) is 10.1. The van der Waals surface area contributed by atoms with Crippen molar-refractivity contribution in [1.29, 1.82) is 0 Å². The van der Waals surface area contributed by atoms with Gasteiger partial charge in [0.2, 0.25) is 0 Å². The molecule has 88 valence electrons. The van der Waals surface area contributed by atoms with Crippen LogP contribution in [0, 0.1) is 5.92 Å². The molecule has 15 heavy (non-hydrogen) atoms. The summed E-state index contributed by atoms with van der Waals surface area (Å²) < 4.78 is 0. The third kappa shape index (κ3) is 9.47. The van der Waals surface area contributed by atoms with Crippen molar-refractivity contribution in [2.24, 2.45) is 5.92 Å². The number of aliphatic carboxylic acids is 1. The Balaban J connectivity index is 3.94. The van der Waals surface area contributed by atoms with Crippen molar-refractivity contribution < 1.29 is 9.90 Å². The third-order valence-corrected chi connectivity index (χ3v) is 2.16. The minimum atomic E-state index is -0.730. The van der Waals surface area contributed by atoms with E-state index in [0.29, 0.717) is 12.5 Å². The molecule has 0 saturated heterocycles. The van der Waals surface area contributed by atoms with Gasteiger partial charge in [0.25, 0.3) is 0 Å². The van der Waals surface area contributed by atoms with Crippen LogP contribution >= 0.6 is 0 Å². The maximum atomic E-state index is 10.5. The molecule has 0 amide bonds. The second kappa shape index (κ2) is 7.46. The molecule has 0 aliphatic rings. The summed E-state index contributed by atoms with van der Waals surface area (Å²) in [4.78, 5) is 12.6. The van der Waals surface area contributed by atoms with E-state index >= 15 is 0 Å². The first-order valence-corrected chi connectivity index (χ1v) is 5.50. The maximum absolute atomic E-state index is 10.5. The average molecular weight is 213 g/mol. The summed E-state index contributed by atoms with van der Waals surface area (Å²) >= 11 is 0. The van der Waals surface area contributed by atoms with E-state index in [1.165, 1.54) is 0 Å². The number of carboxylic acids is 1. The van der Waals surface area contributed by atoms with Crippen molar-refractivity contribution in [1.82, 2.24) is 4.90 Å². The number of rotatable bonds is 8. The van der Waals surface area contributed by atoms with Gasteiger partial charge >= 0.3 is 5.97 Å². The van der Waals surface area contributed by atoms with Crippen LogP contribution in [0.15, 0.2) is 12.2 Å². The first-order valence-electron chi connectivity index (χ1n) is 5.50. The van der Waals surface area contributed by atoms with Gasteiger partial charge in [-0.15, -0.1) is 0 Å². The maximum Gasteiger partial charge on any atom is 0.304 e. The molecule has 1 N–H and O–H groups in total. The number of hydrogen-bond acceptors (Lipinski definition) is 2. The van der Waals surface area contributed by atoms with Crippen LogP contribution in [0.4, 0.5) is 0 Å². The van der Waals surface area contributed by atoms with Gasteiger partial charge in [-0.25, -0.2) is 0 Å². The smallest absolute Gasteiger partial charge is 0.304 e. The highest BCUT2D eigenvalue weighted by molar-refractivity contribution is 5.66. The predicted octanol–water partition coefficient (Wildman–Crippen LogP) is 2.39. The zero-order valence-electron chi connectivity index (χ0n) is 10.1. The molecule has 3 heteroatoms. The van der Waals surface area contributed by atoms with E-state index in [1.807, 2.05) is 6.92 Å². The van der Waals surface area contributed by atoms with E-state index in [-0.39, 0.29) is 6.42 Å². The van der Waals surface area contributed by atoms with Crippen LogP contribution in [0.1, 0.15) is 33.6 Å². The van der Waals surface area contributed by atoms with E-state index < -0.39 is 5.97 Å². The molecule has 0 aliphatic carbocycles. The Morgan fingerprint density at radius 2 is 2.00 bits per heavy atom. The molecule has 0 aromatic carbocycles. The lowest BCUT2D eigenvalue weighted by molar-refractivity contribution is -0.137. The molecular weight excluding hydrogens is 190 g/mol. The van der Waals surface area contributed by atoms with Crippen LogP contribution in [0.2, 0.25) is 0 Å². The van der Waals surface area contributed by atoms with Gasteiger partial charge in [-0.05, 0) is 25.8 Å². The van der Waals surface area contributed by atoms with Gasteiger partial charge in [-0.1, -0.05) is 26.0 Å². The van der Waals surface area contributed by atoms with E-state index in [4.69, 9.17) is 5.11 Å². The topological polar surface area (TPSA) is 40.5 Å². The second-order valence-corrected chi connectivity index (χ2v) is 4.56. The van der Waals surface area contributed by atoms with Crippen LogP contribution < -0.4 is 0 Å². The summed E-state index contributed by atoms with van der Waals surface area (Å²) in [6.07, 6.45) is 1.32. The Bertz CT molecular complexity index is 212. The standard InChI is InChI=1S/C12H23NO2/c1-10(2)5-7-13(9-11(3)4)8-6-12(14)15/h10H,3,5-9H2,1-2,4H3,(H,14,15). The molecule has 0 rings (SSSR count). The van der Waals surface area contributed by atoms with E-state index in [2.05, 4.69) is 25.3 Å². The normalized spacial score (nSPS) is 11.0. The lowest BCUT2D eigenvalue weighted by Gasteiger charge is -2.22. The van der Waals surface area contributed by atoms with Crippen molar-refractivity contribution in [2.75, 3.05) is 19.6 Å². The average Bonchev–Trinajstić information content (AvgIpc) is 2.08. The first-order chi connectivity index (χ1) is 6.91. The number of carbonyl (C=O) groups is 1. The fraction of sp³-hybridized carbons (Fsp3) is 0.750. The van der Waals surface area contributed by atoms with Gasteiger partial charge in [-0.3, -0.25) is 9.69 Å². The predicted molar refractivity (Wildman–Crippen MR) is 63.0 cm³/mol. The first kappa shape index (κ1) is 14.2. The molecule has 3 nitrogen and oxygen atoms in total. The molecule has 0 heterocycles. The molecule has 0 aromatic rings. The van der Waals surface area contributed by atoms with Crippen molar-refractivity contribution in [2.45, 2.75) is 33.6 Å². The molecule has 0 unspecified atom stereocenters. The Labute approximate surface area is 92.8 Å². The monoisotopic (exact) mass is 213 g/mol. The Morgan fingerprint density at radius 3 is 2.40 bits per heavy atom. The molecule has 0 atom stereocenters. The molecule has 0 saturated carbocycles. The summed E-state index contributed by atoms with van der Waals surface area (Å²) in [6.45, 7) is 12.6. The van der Waals surface area contributed by atoms with Crippen molar-refractivity contribution >= 4 is 5.97 Å². The Hall–Kier alpha value is -0.830. The second-order valence-electron chi connectivity index (χ2n) is 4.56. The van der Waals surface area contributed by atoms with Crippen LogP contribution in [0.25, 0.3) is 0 Å².